The van der Waals surface area contributed by atoms with Crippen LogP contribution in [0.15, 0.2) is 28.6 Å². The predicted molar refractivity (Wildman–Crippen MR) is 73.1 cm³/mol. The van der Waals surface area contributed by atoms with Crippen LogP contribution in [0.25, 0.3) is 0 Å². The summed E-state index contributed by atoms with van der Waals surface area (Å²) in [6.07, 6.45) is -4.34. The molecule has 0 aliphatic rings. The van der Waals surface area contributed by atoms with E-state index in [4.69, 9.17) is 10.3 Å². The summed E-state index contributed by atoms with van der Waals surface area (Å²) in [5.74, 6) is -0.465. The minimum atomic E-state index is -4.34. The van der Waals surface area contributed by atoms with Gasteiger partial charge in [-0.1, -0.05) is 12.1 Å². The largest absolute Gasteiger partial charge is 0.418 e. The van der Waals surface area contributed by atoms with Crippen LogP contribution >= 0.6 is 0 Å². The Kier molecular flexibility index (Phi) is 8.05. The van der Waals surface area contributed by atoms with Crippen molar-refractivity contribution in [1.82, 2.24) is 0 Å². The molecule has 0 spiro atoms. The van der Waals surface area contributed by atoms with E-state index >= 15 is 0 Å². The highest BCUT2D eigenvalue weighted by atomic mass is 32.2. The molecule has 0 saturated heterocycles. The van der Waals surface area contributed by atoms with Crippen molar-refractivity contribution < 1.29 is 34.6 Å². The first-order chi connectivity index (χ1) is 9.93. The van der Waals surface area contributed by atoms with Gasteiger partial charge in [-0.3, -0.25) is 4.55 Å². The van der Waals surface area contributed by atoms with E-state index in [1.807, 2.05) is 0 Å². The molecule has 7 nitrogen and oxygen atoms in total. The Morgan fingerprint density at radius 3 is 2.14 bits per heavy atom. The van der Waals surface area contributed by atoms with Gasteiger partial charge >= 0.3 is 16.7 Å². The molecule has 0 unspecified atom stereocenters. The Morgan fingerprint density at radius 1 is 1.23 bits per heavy atom. The van der Waals surface area contributed by atoms with E-state index in [0.717, 1.165) is 6.07 Å². The van der Waals surface area contributed by atoms with Crippen molar-refractivity contribution in [3.05, 3.63) is 29.8 Å². The Morgan fingerprint density at radius 2 is 1.77 bits per heavy atom. The maximum atomic E-state index is 12.0. The first kappa shape index (κ1) is 20.3. The van der Waals surface area contributed by atoms with Gasteiger partial charge in [0.25, 0.3) is 10.1 Å². The molecular weight excluding hydrogens is 349 g/mol. The van der Waals surface area contributed by atoms with Crippen LogP contribution in [-0.4, -0.2) is 33.7 Å². The lowest BCUT2D eigenvalue weighted by Gasteiger charge is -2.07. The van der Waals surface area contributed by atoms with Gasteiger partial charge in [-0.05, 0) is 18.6 Å². The monoisotopic (exact) mass is 362 g/mol. The third-order valence-corrected chi connectivity index (χ3v) is 3.22. The van der Waals surface area contributed by atoms with Crippen LogP contribution < -0.4 is 5.73 Å². The van der Waals surface area contributed by atoms with Gasteiger partial charge in [-0.2, -0.15) is 34.4 Å². The summed E-state index contributed by atoms with van der Waals surface area (Å²) >= 11 is 0. The number of nitrogen functional groups attached to an aromatic ring is 1. The zero-order chi connectivity index (χ0) is 17.4. The molecule has 0 aliphatic carbocycles. The molecule has 0 atom stereocenters. The fraction of sp³-hybridized carbons (Fsp3) is 0.400. The number of para-hydroxylation sites is 1. The van der Waals surface area contributed by atoms with Gasteiger partial charge in [0.05, 0.1) is 17.9 Å². The van der Waals surface area contributed by atoms with Gasteiger partial charge in [0.1, 0.15) is 0 Å². The van der Waals surface area contributed by atoms with E-state index in [2.05, 4.69) is 4.36 Å². The average molecular weight is 362 g/mol. The van der Waals surface area contributed by atoms with E-state index in [0.29, 0.717) is 0 Å². The Hall–Kier alpha value is -1.66. The maximum absolute atomic E-state index is 12.0. The molecule has 0 fully saturated rings. The summed E-state index contributed by atoms with van der Waals surface area (Å²) in [6.45, 7) is -0.115. The molecule has 0 saturated carbocycles. The molecule has 1 aromatic rings. The number of anilines is 1. The summed E-state index contributed by atoms with van der Waals surface area (Å²) in [7, 11) is -6.48. The topological polar surface area (TPSA) is 127 Å². The smallest absolute Gasteiger partial charge is 0.398 e. The summed E-state index contributed by atoms with van der Waals surface area (Å²) < 4.78 is 86.6. The van der Waals surface area contributed by atoms with Crippen LogP contribution in [0.1, 0.15) is 12.0 Å². The minimum Gasteiger partial charge on any atom is -0.398 e. The molecule has 126 valence electrons. The predicted octanol–water partition coefficient (Wildman–Crippen LogP) is 1.61. The normalized spacial score (nSPS) is 11.3. The Labute approximate surface area is 126 Å². The van der Waals surface area contributed by atoms with Crippen LogP contribution in [0.2, 0.25) is 0 Å². The average Bonchev–Trinajstić information content (AvgIpc) is 2.33. The zero-order valence-electron chi connectivity index (χ0n) is 11.0. The quantitative estimate of drug-likeness (QED) is 0.476. The lowest BCUT2D eigenvalue weighted by molar-refractivity contribution is -0.136. The fourth-order valence-corrected chi connectivity index (χ4v) is 1.91. The molecule has 0 aromatic heterocycles. The summed E-state index contributed by atoms with van der Waals surface area (Å²) in [5, 5.41) is 0. The second-order valence-corrected chi connectivity index (χ2v) is 6.06. The number of rotatable bonds is 4. The summed E-state index contributed by atoms with van der Waals surface area (Å²) in [4.78, 5) is 0. The number of nitrogens with zero attached hydrogens (tertiary/aromatic N) is 1. The Bertz CT molecular complexity index is 706. The fourth-order valence-electron chi connectivity index (χ4n) is 1.14. The number of benzene rings is 1. The molecule has 0 aliphatic heterocycles. The highest BCUT2D eigenvalue weighted by Crippen LogP contribution is 2.32. The van der Waals surface area contributed by atoms with Gasteiger partial charge in [-0.25, -0.2) is 0 Å². The second kappa shape index (κ2) is 8.70. The number of alkyl halides is 3. The lowest BCUT2D eigenvalue weighted by atomic mass is 10.2. The van der Waals surface area contributed by atoms with Gasteiger partial charge in [0, 0.05) is 5.69 Å². The number of hydrogen-bond donors (Lipinski definition) is 2. The third kappa shape index (κ3) is 10.1. The Balaban J connectivity index is 0.000000401. The highest BCUT2D eigenvalue weighted by molar-refractivity contribution is 7.85. The molecule has 12 heteroatoms. The van der Waals surface area contributed by atoms with Gasteiger partial charge in [-0.15, -0.1) is 0 Å². The van der Waals surface area contributed by atoms with Crippen LogP contribution in [0.5, 0.6) is 0 Å². The first-order valence-electron chi connectivity index (χ1n) is 5.57. The molecule has 0 radical (unpaired) electrons. The van der Waals surface area contributed by atoms with Gasteiger partial charge in [0.15, 0.2) is 0 Å². The van der Waals surface area contributed by atoms with E-state index in [1.54, 1.807) is 0 Å². The molecular formula is C10H13F3N2O5S2. The van der Waals surface area contributed by atoms with Crippen LogP contribution in [-0.2, 0) is 26.8 Å². The van der Waals surface area contributed by atoms with Crippen LogP contribution in [0.4, 0.5) is 18.9 Å². The third-order valence-electron chi connectivity index (χ3n) is 2.02. The zero-order valence-corrected chi connectivity index (χ0v) is 12.6. The summed E-state index contributed by atoms with van der Waals surface area (Å²) in [6, 6.07) is 4.95. The van der Waals surface area contributed by atoms with Crippen molar-refractivity contribution >= 4 is 26.3 Å². The van der Waals surface area contributed by atoms with Gasteiger partial charge < -0.3 is 5.73 Å². The molecule has 22 heavy (non-hydrogen) atoms. The minimum absolute atomic E-state index is 0.00676. The number of hydrogen-bond acceptors (Lipinski definition) is 6. The van der Waals surface area contributed by atoms with E-state index in [1.165, 1.54) is 18.2 Å². The molecule has 0 bridgehead atoms. The van der Waals surface area contributed by atoms with E-state index < -0.39 is 38.1 Å². The summed E-state index contributed by atoms with van der Waals surface area (Å²) in [5.41, 5.74) is 4.07. The molecule has 3 N–H and O–H groups in total. The van der Waals surface area contributed by atoms with Crippen molar-refractivity contribution in [2.75, 3.05) is 18.0 Å². The van der Waals surface area contributed by atoms with Crippen molar-refractivity contribution in [2.45, 2.75) is 12.6 Å². The van der Waals surface area contributed by atoms with Crippen LogP contribution in [0, 0.1) is 0 Å². The van der Waals surface area contributed by atoms with Crippen molar-refractivity contribution in [3.8, 4) is 0 Å². The molecule has 1 rings (SSSR count). The molecule has 1 aromatic carbocycles. The standard InChI is InChI=1S/C7H6F3N.C3H7NO5S2/c8-7(9,10)5-3-1-2-4-6(5)11;5-10(6)4-2-1-3-11(7,8)9/h1-4H,11H2;1-3H2,(H,7,8,9). The number of nitrogens with two attached hydrogens (primary N) is 1. The van der Waals surface area contributed by atoms with E-state index in [9.17, 15) is 30.0 Å². The first-order valence-corrected chi connectivity index (χ1v) is 8.21. The number of halogens is 3. The van der Waals surface area contributed by atoms with Crippen molar-refractivity contribution in [3.63, 3.8) is 0 Å². The van der Waals surface area contributed by atoms with Gasteiger partial charge in [0.2, 0.25) is 0 Å². The maximum Gasteiger partial charge on any atom is 0.418 e. The molecule has 0 heterocycles. The second-order valence-electron chi connectivity index (χ2n) is 3.79. The highest BCUT2D eigenvalue weighted by Gasteiger charge is 2.32. The van der Waals surface area contributed by atoms with Crippen molar-refractivity contribution in [1.29, 1.82) is 0 Å². The van der Waals surface area contributed by atoms with Crippen LogP contribution in [0.3, 0.4) is 0 Å². The molecule has 0 amide bonds. The lowest BCUT2D eigenvalue weighted by Crippen LogP contribution is -2.07. The van der Waals surface area contributed by atoms with Crippen molar-refractivity contribution in [2.24, 2.45) is 4.36 Å². The SMILES string of the molecule is Nc1ccccc1C(F)(F)F.O=S(=O)=NCCCS(=O)(=O)O. The van der Waals surface area contributed by atoms with E-state index in [-0.39, 0.29) is 18.7 Å².